The van der Waals surface area contributed by atoms with Gasteiger partial charge in [0.1, 0.15) is 5.76 Å². The quantitative estimate of drug-likeness (QED) is 0.281. The number of nitrogens with zero attached hydrogens (tertiary/aromatic N) is 1. The molecule has 1 atom stereocenters. The fraction of sp³-hybridized carbons (Fsp3) is 0.115. The van der Waals surface area contributed by atoms with E-state index in [-0.39, 0.29) is 17.9 Å². The maximum atomic E-state index is 13.1. The number of rotatable bonds is 5. The lowest BCUT2D eigenvalue weighted by Gasteiger charge is -2.25. The molecule has 1 N–H and O–H groups in total. The van der Waals surface area contributed by atoms with Crippen LogP contribution in [0.3, 0.4) is 0 Å². The van der Waals surface area contributed by atoms with Crippen LogP contribution in [0, 0.1) is 0 Å². The first-order valence-corrected chi connectivity index (χ1v) is 10.2. The van der Waals surface area contributed by atoms with Crippen LogP contribution in [0.1, 0.15) is 34.5 Å². The fourth-order valence-electron chi connectivity index (χ4n) is 3.77. The van der Waals surface area contributed by atoms with Crippen molar-refractivity contribution in [3.8, 4) is 0 Å². The monoisotopic (exact) mass is 427 g/mol. The Morgan fingerprint density at radius 1 is 0.875 bits per heavy atom. The molecule has 0 bridgehead atoms. The molecule has 3 aromatic rings. The zero-order valence-electron chi connectivity index (χ0n) is 17.4. The molecule has 1 aliphatic rings. The number of Topliss-reactive ketones (excluding diaryl/α,β-unsaturated/α-hetero) is 1. The van der Waals surface area contributed by atoms with Crippen LogP contribution in [-0.4, -0.2) is 29.4 Å². The Bertz CT molecular complexity index is 1180. The van der Waals surface area contributed by atoms with Crippen molar-refractivity contribution in [2.24, 2.45) is 0 Å². The van der Waals surface area contributed by atoms with E-state index >= 15 is 0 Å². The van der Waals surface area contributed by atoms with Crippen LogP contribution in [-0.2, 0) is 14.3 Å². The molecule has 0 aromatic heterocycles. The molecule has 6 heteroatoms. The SMILES string of the molecule is CCOC(=O)c1ccc(N2C(=O)C(=O)/C(=C(/O)c3ccccc3)[C@H]2c2ccccc2)cc1. The van der Waals surface area contributed by atoms with Crippen molar-refractivity contribution in [1.82, 2.24) is 0 Å². The zero-order chi connectivity index (χ0) is 22.7. The van der Waals surface area contributed by atoms with Crippen molar-refractivity contribution >= 4 is 29.1 Å². The summed E-state index contributed by atoms with van der Waals surface area (Å²) < 4.78 is 5.01. The zero-order valence-corrected chi connectivity index (χ0v) is 17.4. The summed E-state index contributed by atoms with van der Waals surface area (Å²) in [5.74, 6) is -2.22. The Kier molecular flexibility index (Phi) is 5.85. The number of ether oxygens (including phenoxy) is 1. The summed E-state index contributed by atoms with van der Waals surface area (Å²) in [4.78, 5) is 39.5. The molecule has 1 heterocycles. The number of aliphatic hydroxyl groups is 1. The molecule has 1 saturated heterocycles. The summed E-state index contributed by atoms with van der Waals surface area (Å²) in [5.41, 5.74) is 1.92. The van der Waals surface area contributed by atoms with Gasteiger partial charge in [0, 0.05) is 11.3 Å². The number of aliphatic hydroxyl groups excluding tert-OH is 1. The molecule has 6 nitrogen and oxygen atoms in total. The largest absolute Gasteiger partial charge is 0.507 e. The summed E-state index contributed by atoms with van der Waals surface area (Å²) in [6.45, 7) is 1.97. The number of anilines is 1. The lowest BCUT2D eigenvalue weighted by Crippen LogP contribution is -2.29. The third-order valence-electron chi connectivity index (χ3n) is 5.26. The van der Waals surface area contributed by atoms with Gasteiger partial charge in [-0.2, -0.15) is 0 Å². The molecule has 1 aliphatic heterocycles. The molecule has 0 radical (unpaired) electrons. The van der Waals surface area contributed by atoms with E-state index in [0.717, 1.165) is 0 Å². The van der Waals surface area contributed by atoms with Crippen LogP contribution in [0.15, 0.2) is 90.5 Å². The van der Waals surface area contributed by atoms with Crippen LogP contribution < -0.4 is 4.90 Å². The van der Waals surface area contributed by atoms with E-state index in [4.69, 9.17) is 4.74 Å². The summed E-state index contributed by atoms with van der Waals surface area (Å²) in [6, 6.07) is 23.2. The predicted octanol–water partition coefficient (Wildman–Crippen LogP) is 4.49. The molecular weight excluding hydrogens is 406 g/mol. The van der Waals surface area contributed by atoms with Crippen LogP contribution in [0.4, 0.5) is 5.69 Å². The number of hydrogen-bond donors (Lipinski definition) is 1. The lowest BCUT2D eigenvalue weighted by molar-refractivity contribution is -0.132. The second-order valence-corrected chi connectivity index (χ2v) is 7.21. The average Bonchev–Trinajstić information content (AvgIpc) is 3.10. The molecule has 0 aliphatic carbocycles. The summed E-state index contributed by atoms with van der Waals surface area (Å²) in [5, 5.41) is 11.0. The second kappa shape index (κ2) is 8.89. The van der Waals surface area contributed by atoms with Crippen molar-refractivity contribution in [1.29, 1.82) is 0 Å². The highest BCUT2D eigenvalue weighted by Gasteiger charge is 2.46. The van der Waals surface area contributed by atoms with Crippen molar-refractivity contribution < 1.29 is 24.2 Å². The molecule has 32 heavy (non-hydrogen) atoms. The molecule has 160 valence electrons. The van der Waals surface area contributed by atoms with Gasteiger partial charge in [-0.25, -0.2) is 4.79 Å². The van der Waals surface area contributed by atoms with Gasteiger partial charge in [0.2, 0.25) is 0 Å². The van der Waals surface area contributed by atoms with Crippen LogP contribution in [0.2, 0.25) is 0 Å². The maximum Gasteiger partial charge on any atom is 0.338 e. The molecule has 1 amide bonds. The highest BCUT2D eigenvalue weighted by atomic mass is 16.5. The standard InChI is InChI=1S/C26H21NO5/c1-2-32-26(31)19-13-15-20(16-14-19)27-22(17-9-5-3-6-10-17)21(24(29)25(27)30)23(28)18-11-7-4-8-12-18/h3-16,22,28H,2H2,1H3/b23-21+/t22-/m1/s1. The van der Waals surface area contributed by atoms with Gasteiger partial charge >= 0.3 is 5.97 Å². The third kappa shape index (κ3) is 3.78. The van der Waals surface area contributed by atoms with Crippen LogP contribution in [0.5, 0.6) is 0 Å². The van der Waals surface area contributed by atoms with Gasteiger partial charge in [-0.05, 0) is 36.8 Å². The number of hydrogen-bond acceptors (Lipinski definition) is 5. The molecule has 0 unspecified atom stereocenters. The van der Waals surface area contributed by atoms with Gasteiger partial charge in [-0.1, -0.05) is 60.7 Å². The first-order chi connectivity index (χ1) is 15.5. The van der Waals surface area contributed by atoms with E-state index in [1.165, 1.54) is 4.90 Å². The minimum atomic E-state index is -0.815. The van der Waals surface area contributed by atoms with Crippen LogP contribution in [0.25, 0.3) is 5.76 Å². The number of ketones is 1. The maximum absolute atomic E-state index is 13.1. The molecule has 0 spiro atoms. The first kappa shape index (κ1) is 21.1. The van der Waals surface area contributed by atoms with E-state index in [1.807, 2.05) is 18.2 Å². The smallest absolute Gasteiger partial charge is 0.338 e. The number of carbonyl (C=O) groups is 3. The Balaban J connectivity index is 1.84. The van der Waals surface area contributed by atoms with Gasteiger partial charge in [0.05, 0.1) is 23.8 Å². The number of benzene rings is 3. The number of carbonyl (C=O) groups excluding carboxylic acids is 3. The van der Waals surface area contributed by atoms with Crippen LogP contribution >= 0.6 is 0 Å². The first-order valence-electron chi connectivity index (χ1n) is 10.2. The molecule has 1 fully saturated rings. The highest BCUT2D eigenvalue weighted by Crippen LogP contribution is 2.42. The molecule has 4 rings (SSSR count). The second-order valence-electron chi connectivity index (χ2n) is 7.21. The molecular formula is C26H21NO5. The normalized spacial score (nSPS) is 17.4. The Morgan fingerprint density at radius 2 is 1.47 bits per heavy atom. The average molecular weight is 427 g/mol. The van der Waals surface area contributed by atoms with E-state index in [0.29, 0.717) is 22.4 Å². The van der Waals surface area contributed by atoms with Gasteiger partial charge < -0.3 is 9.84 Å². The molecule has 3 aromatic carbocycles. The van der Waals surface area contributed by atoms with Crippen molar-refractivity contribution in [2.75, 3.05) is 11.5 Å². The predicted molar refractivity (Wildman–Crippen MR) is 120 cm³/mol. The van der Waals surface area contributed by atoms with E-state index < -0.39 is 23.7 Å². The van der Waals surface area contributed by atoms with Gasteiger partial charge in [0.15, 0.2) is 0 Å². The van der Waals surface area contributed by atoms with Gasteiger partial charge in [-0.3, -0.25) is 14.5 Å². The lowest BCUT2D eigenvalue weighted by atomic mass is 9.95. The van der Waals surface area contributed by atoms with Gasteiger partial charge in [-0.15, -0.1) is 0 Å². The summed E-state index contributed by atoms with van der Waals surface area (Å²) in [7, 11) is 0. The summed E-state index contributed by atoms with van der Waals surface area (Å²) >= 11 is 0. The Morgan fingerprint density at radius 3 is 2.06 bits per heavy atom. The highest BCUT2D eigenvalue weighted by molar-refractivity contribution is 6.51. The fourth-order valence-corrected chi connectivity index (χ4v) is 3.77. The van der Waals surface area contributed by atoms with E-state index in [2.05, 4.69) is 0 Å². The van der Waals surface area contributed by atoms with Gasteiger partial charge in [0.25, 0.3) is 11.7 Å². The number of amides is 1. The minimum Gasteiger partial charge on any atom is -0.507 e. The van der Waals surface area contributed by atoms with Crippen molar-refractivity contribution in [3.63, 3.8) is 0 Å². The van der Waals surface area contributed by atoms with Crippen molar-refractivity contribution in [3.05, 3.63) is 107 Å². The summed E-state index contributed by atoms with van der Waals surface area (Å²) in [6.07, 6.45) is 0. The Labute approximate surface area is 185 Å². The van der Waals surface area contributed by atoms with Crippen molar-refractivity contribution in [2.45, 2.75) is 13.0 Å². The van der Waals surface area contributed by atoms with E-state index in [1.54, 1.807) is 73.7 Å². The number of esters is 1. The Hall–Kier alpha value is -4.19. The van der Waals surface area contributed by atoms with E-state index in [9.17, 15) is 19.5 Å². The third-order valence-corrected chi connectivity index (χ3v) is 5.26. The molecule has 0 saturated carbocycles. The minimum absolute atomic E-state index is 0.0156. The topological polar surface area (TPSA) is 83.9 Å².